The number of aromatic nitrogens is 1. The number of aromatic hydroxyl groups is 1. The number of phenolic OH excluding ortho intramolecular Hbond substituents is 1. The lowest BCUT2D eigenvalue weighted by atomic mass is 10.1. The number of thioether (sulfide) groups is 1. The van der Waals surface area contributed by atoms with Gasteiger partial charge in [-0.25, -0.2) is 10.4 Å². The molecular formula is C17H14N4O5S2. The number of hydrazone groups is 1. The van der Waals surface area contributed by atoms with Crippen LogP contribution in [0.5, 0.6) is 11.5 Å². The molecular weight excluding hydrogens is 404 g/mol. The Bertz CT molecular complexity index is 1030. The van der Waals surface area contributed by atoms with Gasteiger partial charge < -0.3 is 9.84 Å². The maximum atomic E-state index is 11.9. The normalized spacial score (nSPS) is 11.0. The summed E-state index contributed by atoms with van der Waals surface area (Å²) in [5.41, 5.74) is 2.90. The maximum absolute atomic E-state index is 11.9. The fourth-order valence-corrected chi connectivity index (χ4v) is 4.11. The van der Waals surface area contributed by atoms with Crippen molar-refractivity contribution in [3.05, 3.63) is 52.1 Å². The third kappa shape index (κ3) is 4.56. The number of carbonyl (C=O) groups is 1. The minimum absolute atomic E-state index is 0.0277. The van der Waals surface area contributed by atoms with E-state index < -0.39 is 4.92 Å². The summed E-state index contributed by atoms with van der Waals surface area (Å²) in [5, 5.41) is 24.6. The molecule has 0 unspecified atom stereocenters. The largest absolute Gasteiger partial charge is 0.504 e. The summed E-state index contributed by atoms with van der Waals surface area (Å²) in [6, 6.07) is 9.90. The molecule has 1 amide bonds. The molecule has 28 heavy (non-hydrogen) atoms. The molecule has 0 aliphatic carbocycles. The first-order chi connectivity index (χ1) is 13.5. The highest BCUT2D eigenvalue weighted by atomic mass is 32.2. The second-order valence-electron chi connectivity index (χ2n) is 5.37. The van der Waals surface area contributed by atoms with Crippen LogP contribution < -0.4 is 10.2 Å². The Balaban J connectivity index is 1.61. The molecule has 2 N–H and O–H groups in total. The quantitative estimate of drug-likeness (QED) is 0.261. The fraction of sp³-hybridized carbons (Fsp3) is 0.118. The van der Waals surface area contributed by atoms with Crippen LogP contribution in [0.1, 0.15) is 5.56 Å². The number of rotatable bonds is 7. The van der Waals surface area contributed by atoms with Crippen molar-refractivity contribution < 1.29 is 19.6 Å². The molecule has 0 spiro atoms. The zero-order valence-corrected chi connectivity index (χ0v) is 16.1. The molecule has 0 aliphatic heterocycles. The number of phenols is 1. The number of hydrogen-bond acceptors (Lipinski definition) is 9. The summed E-state index contributed by atoms with van der Waals surface area (Å²) in [6.07, 6.45) is 1.09. The molecule has 11 heteroatoms. The number of nitro benzene ring substituents is 1. The van der Waals surface area contributed by atoms with Gasteiger partial charge in [0.05, 0.1) is 45.8 Å². The second-order valence-corrected chi connectivity index (χ2v) is 7.62. The van der Waals surface area contributed by atoms with Crippen molar-refractivity contribution in [2.45, 2.75) is 4.34 Å². The number of nitrogens with one attached hydrogen (secondary N) is 1. The smallest absolute Gasteiger partial charge is 0.282 e. The van der Waals surface area contributed by atoms with Crippen LogP contribution in [0.15, 0.2) is 45.8 Å². The van der Waals surface area contributed by atoms with Crippen molar-refractivity contribution in [3.63, 3.8) is 0 Å². The molecule has 1 aromatic heterocycles. The van der Waals surface area contributed by atoms with Gasteiger partial charge in [-0.15, -0.1) is 11.3 Å². The highest BCUT2D eigenvalue weighted by molar-refractivity contribution is 8.01. The number of nitrogens with zero attached hydrogens (tertiary/aromatic N) is 3. The molecule has 0 saturated carbocycles. The van der Waals surface area contributed by atoms with Gasteiger partial charge >= 0.3 is 0 Å². The summed E-state index contributed by atoms with van der Waals surface area (Å²) in [4.78, 5) is 26.9. The van der Waals surface area contributed by atoms with Crippen LogP contribution in [0, 0.1) is 10.1 Å². The Morgan fingerprint density at radius 3 is 2.96 bits per heavy atom. The summed E-state index contributed by atoms with van der Waals surface area (Å²) >= 11 is 2.76. The van der Waals surface area contributed by atoms with Crippen LogP contribution >= 0.6 is 23.1 Å². The van der Waals surface area contributed by atoms with Gasteiger partial charge in [0.1, 0.15) is 0 Å². The van der Waals surface area contributed by atoms with Gasteiger partial charge in [0.25, 0.3) is 11.6 Å². The van der Waals surface area contributed by atoms with Crippen LogP contribution in [-0.2, 0) is 4.79 Å². The molecule has 0 aliphatic rings. The lowest BCUT2D eigenvalue weighted by Gasteiger charge is -2.05. The zero-order chi connectivity index (χ0) is 20.1. The number of hydrogen-bond donors (Lipinski definition) is 2. The number of nitro groups is 1. The molecule has 0 radical (unpaired) electrons. The monoisotopic (exact) mass is 418 g/mol. The van der Waals surface area contributed by atoms with Gasteiger partial charge in [0.2, 0.25) is 0 Å². The van der Waals surface area contributed by atoms with E-state index >= 15 is 0 Å². The SMILES string of the molecule is COc1cc([N+](=O)[O-])c(/C=N/NC(=O)CSc2nc3ccccc3s2)cc1O. The first-order valence-electron chi connectivity index (χ1n) is 7.83. The molecule has 0 atom stereocenters. The van der Waals surface area contributed by atoms with Crippen LogP contribution in [0.3, 0.4) is 0 Å². The molecule has 3 rings (SSSR count). The van der Waals surface area contributed by atoms with Crippen molar-refractivity contribution in [1.82, 2.24) is 10.4 Å². The average molecular weight is 418 g/mol. The van der Waals surface area contributed by atoms with E-state index in [2.05, 4.69) is 15.5 Å². The molecule has 144 valence electrons. The Labute approximate surface area is 167 Å². The number of carbonyl (C=O) groups excluding carboxylic acids is 1. The first kappa shape index (κ1) is 19.6. The molecule has 0 bridgehead atoms. The Morgan fingerprint density at radius 2 is 2.25 bits per heavy atom. The standard InChI is InChI=1S/C17H14N4O5S2/c1-26-14-7-12(21(24)25)10(6-13(14)22)8-18-20-16(23)9-27-17-19-11-4-2-3-5-15(11)28-17/h2-8,22H,9H2,1H3,(H,20,23)/b18-8+. The minimum atomic E-state index is -0.631. The lowest BCUT2D eigenvalue weighted by molar-refractivity contribution is -0.385. The number of ether oxygens (including phenoxy) is 1. The summed E-state index contributed by atoms with van der Waals surface area (Å²) < 4.78 is 6.65. The van der Waals surface area contributed by atoms with E-state index in [4.69, 9.17) is 4.74 Å². The number of thiazole rings is 1. The predicted molar refractivity (Wildman–Crippen MR) is 107 cm³/mol. The average Bonchev–Trinajstić information content (AvgIpc) is 3.09. The van der Waals surface area contributed by atoms with Gasteiger partial charge in [-0.1, -0.05) is 23.9 Å². The fourth-order valence-electron chi connectivity index (χ4n) is 2.25. The predicted octanol–water partition coefficient (Wildman–Crippen LogP) is 3.16. The number of amides is 1. The first-order valence-corrected chi connectivity index (χ1v) is 9.64. The number of methoxy groups -OCH3 is 1. The zero-order valence-electron chi connectivity index (χ0n) is 14.5. The molecule has 1 heterocycles. The van der Waals surface area contributed by atoms with E-state index in [1.165, 1.54) is 30.2 Å². The van der Waals surface area contributed by atoms with E-state index in [1.807, 2.05) is 24.3 Å². The highest BCUT2D eigenvalue weighted by Crippen LogP contribution is 2.32. The van der Waals surface area contributed by atoms with E-state index in [-0.39, 0.29) is 34.4 Å². The van der Waals surface area contributed by atoms with Crippen molar-refractivity contribution in [2.75, 3.05) is 12.9 Å². The number of fused-ring (bicyclic) bond motifs is 1. The van der Waals surface area contributed by atoms with Gasteiger partial charge in [0.15, 0.2) is 15.8 Å². The van der Waals surface area contributed by atoms with Crippen LogP contribution in [-0.4, -0.2) is 40.0 Å². The number of benzene rings is 2. The third-order valence-corrected chi connectivity index (χ3v) is 5.70. The number of para-hydroxylation sites is 1. The highest BCUT2D eigenvalue weighted by Gasteiger charge is 2.17. The maximum Gasteiger partial charge on any atom is 0.282 e. The molecule has 0 saturated heterocycles. The lowest BCUT2D eigenvalue weighted by Crippen LogP contribution is -2.19. The van der Waals surface area contributed by atoms with Crippen LogP contribution in [0.4, 0.5) is 5.69 Å². The van der Waals surface area contributed by atoms with Crippen molar-refractivity contribution >= 4 is 51.1 Å². The van der Waals surface area contributed by atoms with Crippen LogP contribution in [0.2, 0.25) is 0 Å². The summed E-state index contributed by atoms with van der Waals surface area (Å²) in [7, 11) is 1.29. The minimum Gasteiger partial charge on any atom is -0.504 e. The van der Waals surface area contributed by atoms with E-state index in [1.54, 1.807) is 0 Å². The second kappa shape index (κ2) is 8.67. The third-order valence-electron chi connectivity index (χ3n) is 3.52. The van der Waals surface area contributed by atoms with Gasteiger partial charge in [-0.2, -0.15) is 5.10 Å². The van der Waals surface area contributed by atoms with Crippen molar-refractivity contribution in [1.29, 1.82) is 0 Å². The van der Waals surface area contributed by atoms with Crippen molar-refractivity contribution in [2.24, 2.45) is 5.10 Å². The van der Waals surface area contributed by atoms with Gasteiger partial charge in [-0.3, -0.25) is 14.9 Å². The Kier molecular flexibility index (Phi) is 6.06. The molecule has 9 nitrogen and oxygen atoms in total. The molecule has 0 fully saturated rings. The van der Waals surface area contributed by atoms with Gasteiger partial charge in [0, 0.05) is 0 Å². The Hall–Kier alpha value is -3.18. The van der Waals surface area contributed by atoms with Gasteiger partial charge in [-0.05, 0) is 18.2 Å². The molecule has 3 aromatic rings. The van der Waals surface area contributed by atoms with Crippen LogP contribution in [0.25, 0.3) is 10.2 Å². The summed E-state index contributed by atoms with van der Waals surface area (Å²) in [5.74, 6) is -0.596. The van der Waals surface area contributed by atoms with E-state index in [0.29, 0.717) is 0 Å². The van der Waals surface area contributed by atoms with Crippen molar-refractivity contribution in [3.8, 4) is 11.5 Å². The van der Waals surface area contributed by atoms with E-state index in [9.17, 15) is 20.0 Å². The van der Waals surface area contributed by atoms with E-state index in [0.717, 1.165) is 32.9 Å². The molecule has 2 aromatic carbocycles. The Morgan fingerprint density at radius 1 is 1.46 bits per heavy atom. The summed E-state index contributed by atoms with van der Waals surface area (Å²) in [6.45, 7) is 0. The topological polar surface area (TPSA) is 127 Å².